The first-order chi connectivity index (χ1) is 13.7. The lowest BCUT2D eigenvalue weighted by molar-refractivity contribution is -0.00489. The van der Waals surface area contributed by atoms with Gasteiger partial charge in [-0.05, 0) is 24.4 Å². The summed E-state index contributed by atoms with van der Waals surface area (Å²) in [6.45, 7) is 0.157. The summed E-state index contributed by atoms with van der Waals surface area (Å²) in [5.41, 5.74) is 0.656. The summed E-state index contributed by atoms with van der Waals surface area (Å²) in [6.07, 6.45) is 1.34. The van der Waals surface area contributed by atoms with Crippen molar-refractivity contribution in [2.75, 3.05) is 11.9 Å². The molecule has 29 heavy (non-hydrogen) atoms. The zero-order chi connectivity index (χ0) is 21.0. The van der Waals surface area contributed by atoms with Crippen LogP contribution in [0.1, 0.15) is 33.5 Å². The van der Waals surface area contributed by atoms with E-state index in [0.29, 0.717) is 12.4 Å². The molecule has 0 aliphatic heterocycles. The Labute approximate surface area is 170 Å². The van der Waals surface area contributed by atoms with Gasteiger partial charge >= 0.3 is 6.09 Å². The number of ether oxygens (including phenoxy) is 1. The average Bonchev–Trinajstić information content (AvgIpc) is 3.26. The fourth-order valence-electron chi connectivity index (χ4n) is 2.14. The molecule has 12 heteroatoms. The highest BCUT2D eigenvalue weighted by atomic mass is 32.1. The molecule has 0 atom stereocenters. The fraction of sp³-hybridized carbons (Fsp3) is 0.235. The molecule has 0 aliphatic carbocycles. The van der Waals surface area contributed by atoms with Gasteiger partial charge < -0.3 is 10.1 Å². The predicted molar refractivity (Wildman–Crippen MR) is 104 cm³/mol. The van der Waals surface area contributed by atoms with E-state index in [0.717, 1.165) is 27.4 Å². The van der Waals surface area contributed by atoms with Gasteiger partial charge in [0.2, 0.25) is 5.92 Å². The summed E-state index contributed by atoms with van der Waals surface area (Å²) in [5, 5.41) is 6.46. The van der Waals surface area contributed by atoms with Gasteiger partial charge in [-0.3, -0.25) is 19.9 Å². The second kappa shape index (κ2) is 8.57. The van der Waals surface area contributed by atoms with Crippen molar-refractivity contribution >= 4 is 55.8 Å². The quantitative estimate of drug-likeness (QED) is 0.601. The van der Waals surface area contributed by atoms with E-state index in [9.17, 15) is 23.2 Å². The van der Waals surface area contributed by atoms with E-state index in [1.807, 2.05) is 5.32 Å². The minimum atomic E-state index is -2.98. The average molecular weight is 440 g/mol. The molecule has 0 fully saturated rings. The number of alkyl carbamates (subject to hydrolysis) is 1. The minimum Gasteiger partial charge on any atom is -0.449 e. The van der Waals surface area contributed by atoms with Crippen LogP contribution >= 0.6 is 22.7 Å². The zero-order valence-corrected chi connectivity index (χ0v) is 16.5. The third kappa shape index (κ3) is 5.51. The van der Waals surface area contributed by atoms with E-state index in [1.165, 1.54) is 6.07 Å². The molecule has 3 heterocycles. The number of nitrogens with one attached hydrogen (secondary N) is 2. The lowest BCUT2D eigenvalue weighted by Gasteiger charge is -2.10. The molecule has 8 nitrogen and oxygen atoms in total. The topological polar surface area (TPSA) is 110 Å². The molecule has 0 saturated carbocycles. The van der Waals surface area contributed by atoms with Crippen molar-refractivity contribution in [1.29, 1.82) is 0 Å². The zero-order valence-electron chi connectivity index (χ0n) is 14.9. The monoisotopic (exact) mass is 440 g/mol. The maximum absolute atomic E-state index is 12.7. The van der Waals surface area contributed by atoms with Crippen molar-refractivity contribution in [1.82, 2.24) is 15.3 Å². The summed E-state index contributed by atoms with van der Waals surface area (Å²) >= 11 is 2.22. The number of hydrogen-bond donors (Lipinski definition) is 2. The van der Waals surface area contributed by atoms with Gasteiger partial charge in [-0.25, -0.2) is 18.6 Å². The highest BCUT2D eigenvalue weighted by Gasteiger charge is 2.23. The van der Waals surface area contributed by atoms with Gasteiger partial charge in [-0.15, -0.1) is 22.7 Å². The molecular formula is C17H14F2N4O4S2. The molecule has 3 rings (SSSR count). The fourth-order valence-corrected chi connectivity index (χ4v) is 3.75. The molecule has 0 bridgehead atoms. The summed E-state index contributed by atoms with van der Waals surface area (Å²) < 4.78 is 30.7. The van der Waals surface area contributed by atoms with Crippen LogP contribution in [0.4, 0.5) is 18.6 Å². The number of rotatable bonds is 6. The Bertz CT molecular complexity index is 1030. The van der Waals surface area contributed by atoms with E-state index in [2.05, 4.69) is 20.0 Å². The van der Waals surface area contributed by atoms with Crippen molar-refractivity contribution < 1.29 is 27.9 Å². The van der Waals surface area contributed by atoms with Gasteiger partial charge in [-0.2, -0.15) is 0 Å². The first-order valence-corrected chi connectivity index (χ1v) is 9.88. The number of imide groups is 1. The molecule has 3 aromatic rings. The highest BCUT2D eigenvalue weighted by Crippen LogP contribution is 2.26. The Kier molecular flexibility index (Phi) is 6.13. The predicted octanol–water partition coefficient (Wildman–Crippen LogP) is 3.92. The van der Waals surface area contributed by atoms with Crippen molar-refractivity contribution in [2.24, 2.45) is 0 Å². The lowest BCUT2D eigenvalue weighted by Crippen LogP contribution is -2.32. The van der Waals surface area contributed by atoms with Crippen LogP contribution in [0.15, 0.2) is 29.9 Å². The van der Waals surface area contributed by atoms with Crippen LogP contribution in [0.25, 0.3) is 10.2 Å². The molecular weight excluding hydrogens is 426 g/mol. The Hall–Kier alpha value is -2.99. The number of carbonyl (C=O) groups is 3. The van der Waals surface area contributed by atoms with Gasteiger partial charge in [0.1, 0.15) is 5.00 Å². The van der Waals surface area contributed by atoms with Gasteiger partial charge in [0.15, 0.2) is 5.01 Å². The van der Waals surface area contributed by atoms with Crippen molar-refractivity contribution in [3.63, 3.8) is 0 Å². The SMILES string of the molecule is CC(F)(F)CCOC(=O)NC(=O)c1ccsc1NC(=O)c1nc2ccncc2s1. The standard InChI is InChI=1S/C17H14F2N4O4S2/c1-17(18,19)4-6-27-16(26)23-12(24)9-3-7-28-14(9)22-13(25)15-21-10-2-5-20-8-11(10)29-15/h2-3,5,7-8H,4,6H2,1H3,(H,22,25)(H,23,24,26). The van der Waals surface area contributed by atoms with Crippen LogP contribution in [-0.2, 0) is 4.74 Å². The van der Waals surface area contributed by atoms with Crippen molar-refractivity contribution in [3.05, 3.63) is 40.5 Å². The first-order valence-electron chi connectivity index (χ1n) is 8.18. The van der Waals surface area contributed by atoms with Crippen LogP contribution < -0.4 is 10.6 Å². The number of aromatic nitrogens is 2. The summed E-state index contributed by atoms with van der Waals surface area (Å²) in [4.78, 5) is 44.4. The molecule has 2 N–H and O–H groups in total. The van der Waals surface area contributed by atoms with Crippen LogP contribution in [0.5, 0.6) is 0 Å². The molecule has 0 spiro atoms. The number of amides is 3. The summed E-state index contributed by atoms with van der Waals surface area (Å²) in [5.74, 6) is -4.33. The van der Waals surface area contributed by atoms with E-state index < -0.39 is 36.9 Å². The number of thiazole rings is 1. The van der Waals surface area contributed by atoms with E-state index >= 15 is 0 Å². The number of anilines is 1. The summed E-state index contributed by atoms with van der Waals surface area (Å²) in [7, 11) is 0. The van der Waals surface area contributed by atoms with Gasteiger partial charge in [-0.1, -0.05) is 0 Å². The molecule has 0 unspecified atom stereocenters. The number of fused-ring (bicyclic) bond motifs is 1. The van der Waals surface area contributed by atoms with Crippen LogP contribution in [0.2, 0.25) is 0 Å². The summed E-state index contributed by atoms with van der Waals surface area (Å²) in [6, 6.07) is 3.08. The minimum absolute atomic E-state index is 0.0314. The Morgan fingerprint density at radius 3 is 2.76 bits per heavy atom. The van der Waals surface area contributed by atoms with Gasteiger partial charge in [0.25, 0.3) is 11.8 Å². The molecule has 0 aromatic carbocycles. The normalized spacial score (nSPS) is 11.3. The van der Waals surface area contributed by atoms with Crippen LogP contribution in [-0.4, -0.2) is 40.4 Å². The maximum atomic E-state index is 12.7. The third-order valence-electron chi connectivity index (χ3n) is 3.51. The molecule has 0 radical (unpaired) electrons. The van der Waals surface area contributed by atoms with E-state index in [4.69, 9.17) is 0 Å². The number of nitrogens with zero attached hydrogens (tertiary/aromatic N) is 2. The number of thiophene rings is 1. The number of alkyl halides is 2. The Balaban J connectivity index is 1.61. The van der Waals surface area contributed by atoms with Crippen LogP contribution in [0.3, 0.4) is 0 Å². The Morgan fingerprint density at radius 1 is 1.24 bits per heavy atom. The van der Waals surface area contributed by atoms with Gasteiger partial charge in [0.05, 0.1) is 22.4 Å². The molecule has 3 amide bonds. The van der Waals surface area contributed by atoms with Crippen LogP contribution in [0, 0.1) is 0 Å². The first kappa shape index (κ1) is 20.7. The highest BCUT2D eigenvalue weighted by molar-refractivity contribution is 7.20. The second-order valence-corrected chi connectivity index (χ2v) is 7.84. The van der Waals surface area contributed by atoms with Crippen molar-refractivity contribution in [2.45, 2.75) is 19.3 Å². The van der Waals surface area contributed by atoms with Crippen molar-refractivity contribution in [3.8, 4) is 0 Å². The number of hydrogen-bond acceptors (Lipinski definition) is 8. The lowest BCUT2D eigenvalue weighted by atomic mass is 10.3. The molecule has 0 saturated heterocycles. The molecule has 0 aliphatic rings. The van der Waals surface area contributed by atoms with Gasteiger partial charge in [0, 0.05) is 18.8 Å². The van der Waals surface area contributed by atoms with E-state index in [1.54, 1.807) is 23.8 Å². The molecule has 152 valence electrons. The smallest absolute Gasteiger partial charge is 0.414 e. The maximum Gasteiger partial charge on any atom is 0.414 e. The number of pyridine rings is 1. The second-order valence-electron chi connectivity index (χ2n) is 5.89. The Morgan fingerprint density at radius 2 is 2.03 bits per heavy atom. The third-order valence-corrected chi connectivity index (χ3v) is 5.35. The van der Waals surface area contributed by atoms with E-state index in [-0.39, 0.29) is 15.6 Å². The number of halogens is 2. The largest absolute Gasteiger partial charge is 0.449 e. The molecule has 3 aromatic heterocycles. The number of carbonyl (C=O) groups excluding carboxylic acids is 3.